The summed E-state index contributed by atoms with van der Waals surface area (Å²) in [6, 6.07) is 12.9. The number of amides is 2. The summed E-state index contributed by atoms with van der Waals surface area (Å²) in [4.78, 5) is 29.1. The molecular formula is C27H23F4N5O4. The molecule has 4 aromatic rings. The summed E-state index contributed by atoms with van der Waals surface area (Å²) in [6.45, 7) is 0. The number of carbonyl (C=O) groups excluding carboxylic acids is 2. The van der Waals surface area contributed by atoms with Crippen LogP contribution < -0.4 is 20.1 Å². The third-order valence-electron chi connectivity index (χ3n) is 6.08. The van der Waals surface area contributed by atoms with Crippen LogP contribution in [0.4, 0.5) is 29.1 Å². The van der Waals surface area contributed by atoms with Gasteiger partial charge in [-0.3, -0.25) is 9.59 Å². The number of hydrogen-bond acceptors (Lipinski definition) is 6. The number of nitrogens with zero attached hydrogens (tertiary/aromatic N) is 3. The predicted octanol–water partition coefficient (Wildman–Crippen LogP) is 5.57. The SMILES string of the molecule is COc1ccc(NC(=O)c2cccc(CC(F)(F)C(F)F)c2)cc1Oc1ccc2nc(NC(=O)C3CC3)cn2n1. The number of alkyl halides is 4. The molecule has 40 heavy (non-hydrogen) atoms. The number of ether oxygens (including phenoxy) is 2. The molecule has 1 saturated carbocycles. The molecule has 2 heterocycles. The van der Waals surface area contributed by atoms with E-state index in [-0.39, 0.29) is 40.3 Å². The van der Waals surface area contributed by atoms with Gasteiger partial charge >= 0.3 is 12.3 Å². The normalized spacial score (nSPS) is 13.3. The molecule has 2 N–H and O–H groups in total. The van der Waals surface area contributed by atoms with Crippen LogP contribution >= 0.6 is 0 Å². The van der Waals surface area contributed by atoms with Crippen molar-refractivity contribution in [3.63, 3.8) is 0 Å². The Morgan fingerprint density at radius 1 is 1.07 bits per heavy atom. The molecule has 9 nitrogen and oxygen atoms in total. The minimum atomic E-state index is -4.21. The second-order valence-corrected chi connectivity index (χ2v) is 9.22. The molecule has 0 saturated heterocycles. The van der Waals surface area contributed by atoms with Crippen LogP contribution in [-0.4, -0.2) is 45.9 Å². The molecule has 0 atom stereocenters. The number of carbonyl (C=O) groups is 2. The van der Waals surface area contributed by atoms with Crippen molar-refractivity contribution in [2.75, 3.05) is 17.7 Å². The Kier molecular flexibility index (Phi) is 7.28. The Morgan fingerprint density at radius 3 is 2.60 bits per heavy atom. The van der Waals surface area contributed by atoms with E-state index >= 15 is 0 Å². The van der Waals surface area contributed by atoms with Gasteiger partial charge in [-0.1, -0.05) is 12.1 Å². The number of methoxy groups -OCH3 is 1. The number of halogens is 4. The van der Waals surface area contributed by atoms with E-state index in [1.807, 2.05) is 0 Å². The lowest BCUT2D eigenvalue weighted by molar-refractivity contribution is -0.127. The van der Waals surface area contributed by atoms with Gasteiger partial charge in [-0.2, -0.15) is 8.78 Å². The fourth-order valence-corrected chi connectivity index (χ4v) is 3.87. The number of imidazole rings is 1. The number of nitrogens with one attached hydrogen (secondary N) is 2. The lowest BCUT2D eigenvalue weighted by atomic mass is 10.0. The lowest BCUT2D eigenvalue weighted by Crippen LogP contribution is -2.29. The Bertz CT molecular complexity index is 1570. The molecule has 2 amide bonds. The highest BCUT2D eigenvalue weighted by Crippen LogP contribution is 2.34. The standard InChI is InChI=1S/C27H23F4N5O4/c1-39-19-8-7-18(32-25(38)17-4-2-3-15(11-17)13-27(30,31)26(28)29)12-20(19)40-23-10-9-22-33-21(14-36(22)35-23)34-24(37)16-5-6-16/h2-4,7-12,14,16,26H,5-6,13H2,1H3,(H,32,38)(H,34,37). The molecule has 0 aliphatic heterocycles. The zero-order valence-corrected chi connectivity index (χ0v) is 21.0. The van der Waals surface area contributed by atoms with E-state index in [0.29, 0.717) is 17.2 Å². The smallest absolute Gasteiger partial charge is 0.311 e. The van der Waals surface area contributed by atoms with E-state index < -0.39 is 24.7 Å². The maximum absolute atomic E-state index is 13.5. The third-order valence-corrected chi connectivity index (χ3v) is 6.08. The Hall–Kier alpha value is -4.68. The molecule has 208 valence electrons. The molecule has 5 rings (SSSR count). The van der Waals surface area contributed by atoms with Crippen molar-refractivity contribution in [3.8, 4) is 17.4 Å². The lowest BCUT2D eigenvalue weighted by Gasteiger charge is -2.15. The highest BCUT2D eigenvalue weighted by molar-refractivity contribution is 6.04. The van der Waals surface area contributed by atoms with Crippen LogP contribution in [-0.2, 0) is 11.2 Å². The summed E-state index contributed by atoms with van der Waals surface area (Å²) in [7, 11) is 1.43. The maximum atomic E-state index is 13.5. The van der Waals surface area contributed by atoms with E-state index in [1.165, 1.54) is 35.9 Å². The van der Waals surface area contributed by atoms with Crippen molar-refractivity contribution in [2.24, 2.45) is 5.92 Å². The number of anilines is 2. The molecule has 2 aromatic heterocycles. The summed E-state index contributed by atoms with van der Waals surface area (Å²) < 4.78 is 64.8. The van der Waals surface area contributed by atoms with Crippen LogP contribution in [0.1, 0.15) is 28.8 Å². The van der Waals surface area contributed by atoms with Gasteiger partial charge in [0.1, 0.15) is 0 Å². The van der Waals surface area contributed by atoms with Crippen molar-refractivity contribution in [3.05, 3.63) is 71.9 Å². The molecule has 13 heteroatoms. The molecule has 1 aliphatic rings. The molecule has 1 aliphatic carbocycles. The summed E-state index contributed by atoms with van der Waals surface area (Å²) in [5.74, 6) is -3.84. The first kappa shape index (κ1) is 26.9. The summed E-state index contributed by atoms with van der Waals surface area (Å²) in [6.07, 6.45) is -1.73. The number of hydrogen-bond donors (Lipinski definition) is 2. The maximum Gasteiger partial charge on any atom is 0.311 e. The Morgan fingerprint density at radius 2 is 1.88 bits per heavy atom. The largest absolute Gasteiger partial charge is 0.493 e. The van der Waals surface area contributed by atoms with E-state index in [1.54, 1.807) is 30.5 Å². The number of aromatic nitrogens is 3. The van der Waals surface area contributed by atoms with Crippen molar-refractivity contribution >= 4 is 29.0 Å². The number of fused-ring (bicyclic) bond motifs is 1. The molecule has 0 bridgehead atoms. The van der Waals surface area contributed by atoms with Gasteiger partial charge in [0.25, 0.3) is 5.91 Å². The first-order valence-electron chi connectivity index (χ1n) is 12.2. The van der Waals surface area contributed by atoms with Crippen molar-refractivity contribution in [1.29, 1.82) is 0 Å². The average Bonchev–Trinajstić information content (AvgIpc) is 3.69. The topological polar surface area (TPSA) is 107 Å². The van der Waals surface area contributed by atoms with E-state index in [9.17, 15) is 27.2 Å². The average molecular weight is 558 g/mol. The first-order chi connectivity index (χ1) is 19.1. The molecular weight excluding hydrogens is 534 g/mol. The molecule has 0 unspecified atom stereocenters. The Labute approximate surface area is 225 Å². The molecule has 0 spiro atoms. The van der Waals surface area contributed by atoms with Gasteiger partial charge in [-0.25, -0.2) is 18.3 Å². The van der Waals surface area contributed by atoms with Crippen LogP contribution in [0.3, 0.4) is 0 Å². The highest BCUT2D eigenvalue weighted by Gasteiger charge is 2.40. The highest BCUT2D eigenvalue weighted by atomic mass is 19.3. The summed E-state index contributed by atoms with van der Waals surface area (Å²) in [5, 5.41) is 9.73. The van der Waals surface area contributed by atoms with Crippen molar-refractivity contribution < 1.29 is 36.6 Å². The van der Waals surface area contributed by atoms with E-state index in [4.69, 9.17) is 9.47 Å². The van der Waals surface area contributed by atoms with Crippen LogP contribution in [0.5, 0.6) is 17.4 Å². The number of benzene rings is 2. The summed E-state index contributed by atoms with van der Waals surface area (Å²) >= 11 is 0. The monoisotopic (exact) mass is 557 g/mol. The van der Waals surface area contributed by atoms with Gasteiger partial charge in [0.05, 0.1) is 13.3 Å². The van der Waals surface area contributed by atoms with Gasteiger partial charge < -0.3 is 20.1 Å². The fraction of sp³-hybridized carbons (Fsp3) is 0.259. The minimum absolute atomic E-state index is 0.0117. The van der Waals surface area contributed by atoms with E-state index in [0.717, 1.165) is 18.9 Å². The zero-order valence-electron chi connectivity index (χ0n) is 21.0. The second kappa shape index (κ2) is 10.8. The van der Waals surface area contributed by atoms with Gasteiger partial charge in [0.15, 0.2) is 23.0 Å². The molecule has 1 fully saturated rings. The van der Waals surface area contributed by atoms with Crippen molar-refractivity contribution in [2.45, 2.75) is 31.6 Å². The van der Waals surface area contributed by atoms with Gasteiger partial charge in [-0.15, -0.1) is 5.10 Å². The van der Waals surface area contributed by atoms with Gasteiger partial charge in [-0.05, 0) is 48.7 Å². The molecule has 2 aromatic carbocycles. The van der Waals surface area contributed by atoms with Crippen LogP contribution in [0.15, 0.2) is 60.8 Å². The van der Waals surface area contributed by atoms with Crippen LogP contribution in [0.25, 0.3) is 5.65 Å². The predicted molar refractivity (Wildman–Crippen MR) is 136 cm³/mol. The first-order valence-corrected chi connectivity index (χ1v) is 12.2. The molecule has 0 radical (unpaired) electrons. The van der Waals surface area contributed by atoms with Gasteiger partial charge in [0, 0.05) is 35.7 Å². The van der Waals surface area contributed by atoms with E-state index in [2.05, 4.69) is 20.7 Å². The van der Waals surface area contributed by atoms with Crippen molar-refractivity contribution in [1.82, 2.24) is 14.6 Å². The second-order valence-electron chi connectivity index (χ2n) is 9.22. The Balaban J connectivity index is 1.31. The zero-order chi connectivity index (χ0) is 28.4. The summed E-state index contributed by atoms with van der Waals surface area (Å²) in [5.41, 5.74) is 0.684. The minimum Gasteiger partial charge on any atom is -0.493 e. The fourth-order valence-electron chi connectivity index (χ4n) is 3.87. The van der Waals surface area contributed by atoms with Gasteiger partial charge in [0.2, 0.25) is 11.8 Å². The third kappa shape index (κ3) is 6.14. The van der Waals surface area contributed by atoms with Crippen LogP contribution in [0.2, 0.25) is 0 Å². The number of rotatable bonds is 10. The van der Waals surface area contributed by atoms with Crippen LogP contribution in [0, 0.1) is 5.92 Å². The quantitative estimate of drug-likeness (QED) is 0.247.